The van der Waals surface area contributed by atoms with Crippen molar-refractivity contribution in [2.45, 2.75) is 40.8 Å². The summed E-state index contributed by atoms with van der Waals surface area (Å²) in [6.07, 6.45) is 0. The van der Waals surface area contributed by atoms with Crippen LogP contribution in [-0.2, 0) is 25.8 Å². The molecule has 22 heavy (non-hydrogen) atoms. The Morgan fingerprint density at radius 2 is 1.09 bits per heavy atom. The van der Waals surface area contributed by atoms with Crippen LogP contribution in [0.1, 0.15) is 22.3 Å². The van der Waals surface area contributed by atoms with Gasteiger partial charge < -0.3 is 37.2 Å². The molecule has 0 atom stereocenters. The molecule has 5 heteroatoms. The van der Waals surface area contributed by atoms with Crippen LogP contribution in [0.15, 0.2) is 30.3 Å². The van der Waals surface area contributed by atoms with Crippen molar-refractivity contribution in [3.05, 3.63) is 52.6 Å². The van der Waals surface area contributed by atoms with Gasteiger partial charge in [-0.2, -0.15) is 22.3 Å². The molecule has 2 aromatic rings. The summed E-state index contributed by atoms with van der Waals surface area (Å²) in [7, 11) is -1.56. The smallest absolute Gasteiger partial charge is 1.00 e. The Balaban J connectivity index is -0.000000902. The first kappa shape index (κ1) is 27.4. The van der Waals surface area contributed by atoms with E-state index in [9.17, 15) is 0 Å². The van der Waals surface area contributed by atoms with Crippen molar-refractivity contribution in [3.63, 3.8) is 0 Å². The molecule has 0 aliphatic rings. The van der Waals surface area contributed by atoms with Crippen molar-refractivity contribution in [1.29, 1.82) is 0 Å². The molecular weight excluding hydrogens is 517 g/mol. The van der Waals surface area contributed by atoms with Gasteiger partial charge >= 0.3 is 25.8 Å². The number of hydrogen-bond donors (Lipinski definition) is 0. The zero-order valence-corrected chi connectivity index (χ0v) is 20.9. The van der Waals surface area contributed by atoms with Gasteiger partial charge in [0.05, 0.1) is 8.07 Å². The third-order valence-corrected chi connectivity index (χ3v) is 8.33. The van der Waals surface area contributed by atoms with E-state index < -0.39 is 8.07 Å². The molecule has 0 unspecified atom stereocenters. The van der Waals surface area contributed by atoms with Gasteiger partial charge in [0.1, 0.15) is 0 Å². The van der Waals surface area contributed by atoms with Crippen LogP contribution in [0, 0.1) is 27.7 Å². The van der Waals surface area contributed by atoms with E-state index in [-0.39, 0.29) is 63.1 Å². The van der Waals surface area contributed by atoms with E-state index >= 15 is 0 Å². The standard InChI is InChI=1S/C17H23Si.3ClH.Hf/c1-12-13(2)15(4)17(14(12)3)18(5,6)16-10-8-7-9-11-16;;;;/h7-11H,1-6H3;3*1H;/q-1;;;;+4/p-3. The third-order valence-electron chi connectivity index (χ3n) is 4.56. The summed E-state index contributed by atoms with van der Waals surface area (Å²) in [4.78, 5) is 0. The minimum absolute atomic E-state index is 0. The molecule has 0 saturated heterocycles. The SMILES string of the molecule is Cc1c(C)c(C)[c-]([Si](C)(C)c2ccccc2)c1C.[Cl-].[Cl-].[Cl-].[Hf+4]. The minimum Gasteiger partial charge on any atom is -1.00 e. The maximum Gasteiger partial charge on any atom is 4.00 e. The summed E-state index contributed by atoms with van der Waals surface area (Å²) < 4.78 is 0. The number of benzene rings is 1. The zero-order valence-electron chi connectivity index (χ0n) is 14.0. The molecule has 0 bridgehead atoms. The minimum atomic E-state index is -1.56. The van der Waals surface area contributed by atoms with Crippen LogP contribution in [0.3, 0.4) is 0 Å². The van der Waals surface area contributed by atoms with Gasteiger partial charge in [0.25, 0.3) is 0 Å². The molecule has 2 aromatic carbocycles. The quantitative estimate of drug-likeness (QED) is 0.264. The van der Waals surface area contributed by atoms with E-state index in [2.05, 4.69) is 71.1 Å². The van der Waals surface area contributed by atoms with Crippen LogP contribution < -0.4 is 47.6 Å². The van der Waals surface area contributed by atoms with Crippen LogP contribution in [0.5, 0.6) is 0 Å². The normalized spacial score (nSPS) is 9.73. The first-order chi connectivity index (χ1) is 8.37. The van der Waals surface area contributed by atoms with Crippen molar-refractivity contribution in [2.75, 3.05) is 0 Å². The number of rotatable bonds is 2. The molecule has 0 aliphatic carbocycles. The molecule has 120 valence electrons. The Kier molecular flexibility index (Phi) is 12.9. The molecule has 0 aromatic heterocycles. The summed E-state index contributed by atoms with van der Waals surface area (Å²) in [5, 5.41) is 3.17. The van der Waals surface area contributed by atoms with E-state index in [0.29, 0.717) is 0 Å². The second kappa shape index (κ2) is 10.4. The van der Waals surface area contributed by atoms with E-state index in [1.165, 1.54) is 27.4 Å². The number of halogens is 3. The van der Waals surface area contributed by atoms with Crippen LogP contribution in [0.2, 0.25) is 13.1 Å². The van der Waals surface area contributed by atoms with Crippen molar-refractivity contribution < 1.29 is 63.1 Å². The van der Waals surface area contributed by atoms with Gasteiger partial charge in [-0.1, -0.05) is 76.3 Å². The van der Waals surface area contributed by atoms with Gasteiger partial charge in [-0.15, -0.1) is 5.19 Å². The molecule has 0 saturated carbocycles. The van der Waals surface area contributed by atoms with Crippen molar-refractivity contribution in [3.8, 4) is 0 Å². The van der Waals surface area contributed by atoms with Crippen LogP contribution >= 0.6 is 0 Å². The van der Waals surface area contributed by atoms with Crippen molar-refractivity contribution in [2.24, 2.45) is 0 Å². The monoisotopic (exact) mass is 540 g/mol. The largest absolute Gasteiger partial charge is 4.00 e. The van der Waals surface area contributed by atoms with Gasteiger partial charge in [-0.3, -0.25) is 0 Å². The third kappa shape index (κ3) is 4.77. The second-order valence-electron chi connectivity index (χ2n) is 5.87. The molecule has 0 nitrogen and oxygen atoms in total. The van der Waals surface area contributed by atoms with Crippen LogP contribution in [-0.4, -0.2) is 8.07 Å². The Morgan fingerprint density at radius 1 is 0.727 bits per heavy atom. The molecule has 0 fully saturated rings. The van der Waals surface area contributed by atoms with Gasteiger partial charge in [-0.25, -0.2) is 0 Å². The predicted molar refractivity (Wildman–Crippen MR) is 84.2 cm³/mol. The van der Waals surface area contributed by atoms with E-state index in [0.717, 1.165) is 0 Å². The Hall–Kier alpha value is 0.527. The van der Waals surface area contributed by atoms with E-state index in [4.69, 9.17) is 0 Å². The van der Waals surface area contributed by atoms with Gasteiger partial charge in [-0.05, 0) is 0 Å². The summed E-state index contributed by atoms with van der Waals surface area (Å²) >= 11 is 0. The zero-order chi connectivity index (χ0) is 13.5. The maximum absolute atomic E-state index is 2.47. The summed E-state index contributed by atoms with van der Waals surface area (Å²) in [6.45, 7) is 14.0. The Labute approximate surface area is 173 Å². The summed E-state index contributed by atoms with van der Waals surface area (Å²) in [5.41, 5.74) is 6.01. The molecule has 2 rings (SSSR count). The second-order valence-corrected chi connectivity index (χ2v) is 10.2. The summed E-state index contributed by atoms with van der Waals surface area (Å²) in [5.74, 6) is 0. The summed E-state index contributed by atoms with van der Waals surface area (Å²) in [6, 6.07) is 11.0. The van der Waals surface area contributed by atoms with Gasteiger partial charge in [0.15, 0.2) is 0 Å². The van der Waals surface area contributed by atoms with Gasteiger partial charge in [0, 0.05) is 0 Å². The van der Waals surface area contributed by atoms with E-state index in [1.54, 1.807) is 5.19 Å². The fraction of sp³-hybridized carbons (Fsp3) is 0.353. The Bertz CT molecular complexity index is 552. The molecule has 0 N–H and O–H groups in total. The first-order valence-corrected chi connectivity index (χ1v) is 9.66. The molecule has 0 aliphatic heterocycles. The van der Waals surface area contributed by atoms with E-state index in [1.807, 2.05) is 0 Å². The average Bonchev–Trinajstić information content (AvgIpc) is 2.55. The topological polar surface area (TPSA) is 0 Å². The van der Waals surface area contributed by atoms with Crippen molar-refractivity contribution >= 4 is 18.4 Å². The average molecular weight is 540 g/mol. The maximum atomic E-state index is 2.47. The predicted octanol–water partition coefficient (Wildman–Crippen LogP) is -5.53. The molecule has 0 heterocycles. The fourth-order valence-electron chi connectivity index (χ4n) is 3.16. The first-order valence-electron chi connectivity index (χ1n) is 6.66. The van der Waals surface area contributed by atoms with Gasteiger partial charge in [0.2, 0.25) is 0 Å². The molecule has 0 spiro atoms. The van der Waals surface area contributed by atoms with Crippen LogP contribution in [0.25, 0.3) is 0 Å². The molecule has 0 radical (unpaired) electrons. The molecule has 0 amide bonds. The Morgan fingerprint density at radius 3 is 1.45 bits per heavy atom. The van der Waals surface area contributed by atoms with Crippen LogP contribution in [0.4, 0.5) is 0 Å². The molecular formula is C17H23Cl3HfSi. The fourth-order valence-corrected chi connectivity index (χ4v) is 6.72. The number of hydrogen-bond acceptors (Lipinski definition) is 0. The van der Waals surface area contributed by atoms with Crippen molar-refractivity contribution in [1.82, 2.24) is 0 Å².